The number of pyridine rings is 1. The fourth-order valence-electron chi connectivity index (χ4n) is 3.41. The number of amides is 1. The number of fused-ring (bicyclic) bond motifs is 1. The smallest absolute Gasteiger partial charge is 0.330 e. The molecule has 0 spiro atoms. The fraction of sp³-hybridized carbons (Fsp3) is 0.190. The first-order valence-corrected chi connectivity index (χ1v) is 10.1. The molecule has 4 rings (SSSR count). The van der Waals surface area contributed by atoms with E-state index in [1.54, 1.807) is 19.3 Å². The van der Waals surface area contributed by atoms with E-state index in [-0.39, 0.29) is 18.0 Å². The molecule has 0 saturated heterocycles. The number of thiophene rings is 1. The van der Waals surface area contributed by atoms with Gasteiger partial charge >= 0.3 is 5.97 Å². The van der Waals surface area contributed by atoms with Crippen molar-refractivity contribution in [3.8, 4) is 0 Å². The number of carbonyl (C=O) groups is 2. The molecule has 1 aromatic carbocycles. The van der Waals surface area contributed by atoms with Gasteiger partial charge in [0.25, 0.3) is 5.91 Å². The predicted molar refractivity (Wildman–Crippen MR) is 112 cm³/mol. The molecule has 1 amide bonds. The third kappa shape index (κ3) is 3.59. The summed E-state index contributed by atoms with van der Waals surface area (Å²) >= 11 is 1.48. The molecule has 3 heterocycles. The lowest BCUT2D eigenvalue weighted by Crippen LogP contribution is -2.64. The number of carboxylic acids is 1. The Morgan fingerprint density at radius 3 is 2.83 bits per heavy atom. The summed E-state index contributed by atoms with van der Waals surface area (Å²) in [6.07, 6.45) is 5.08. The molecule has 3 N–H and O–H groups in total. The molecule has 8 heteroatoms. The summed E-state index contributed by atoms with van der Waals surface area (Å²) in [7, 11) is 0. The summed E-state index contributed by atoms with van der Waals surface area (Å²) in [5.41, 5.74) is 2.34. The lowest BCUT2D eigenvalue weighted by Gasteiger charge is -2.38. The van der Waals surface area contributed by atoms with Crippen LogP contribution in [0.1, 0.15) is 11.8 Å². The summed E-state index contributed by atoms with van der Waals surface area (Å²) in [6, 6.07) is 11.5. The first-order valence-electron chi connectivity index (χ1n) is 9.20. The predicted octanol–water partition coefficient (Wildman–Crippen LogP) is 3.02. The molecule has 7 nitrogen and oxygen atoms in total. The first kappa shape index (κ1) is 19.1. The monoisotopic (exact) mass is 408 g/mol. The van der Waals surface area contributed by atoms with Crippen LogP contribution in [0.3, 0.4) is 0 Å². The van der Waals surface area contributed by atoms with Crippen molar-refractivity contribution in [1.29, 1.82) is 0 Å². The lowest BCUT2D eigenvalue weighted by molar-refractivity contribution is -0.148. The summed E-state index contributed by atoms with van der Waals surface area (Å²) in [6.45, 7) is 2.12. The molecule has 1 unspecified atom stereocenters. The van der Waals surface area contributed by atoms with Crippen molar-refractivity contribution in [3.63, 3.8) is 0 Å². The molecule has 0 bridgehead atoms. The second kappa shape index (κ2) is 7.65. The molecule has 0 fully saturated rings. The molecule has 2 aromatic heterocycles. The van der Waals surface area contributed by atoms with Crippen molar-refractivity contribution < 1.29 is 14.7 Å². The zero-order valence-corrected chi connectivity index (χ0v) is 16.6. The van der Waals surface area contributed by atoms with Crippen molar-refractivity contribution in [2.45, 2.75) is 18.9 Å². The van der Waals surface area contributed by atoms with Crippen molar-refractivity contribution in [3.05, 3.63) is 70.8 Å². The lowest BCUT2D eigenvalue weighted by atomic mass is 9.91. The summed E-state index contributed by atoms with van der Waals surface area (Å²) < 4.78 is 0. The Kier molecular flexibility index (Phi) is 5.04. The maximum Gasteiger partial charge on any atom is 0.330 e. The van der Waals surface area contributed by atoms with Gasteiger partial charge < -0.3 is 10.4 Å². The normalized spacial score (nSPS) is 19.3. The maximum absolute atomic E-state index is 12.9. The number of likely N-dealkylation sites (N-methyl/N-ethyl adjacent to an activating group) is 1. The number of nitrogens with one attached hydrogen (secondary N) is 2. The van der Waals surface area contributed by atoms with Gasteiger partial charge in [-0.3, -0.25) is 14.8 Å². The highest BCUT2D eigenvalue weighted by Gasteiger charge is 2.44. The average Bonchev–Trinajstić information content (AvgIpc) is 3.23. The van der Waals surface area contributed by atoms with Crippen molar-refractivity contribution >= 4 is 39.7 Å². The van der Waals surface area contributed by atoms with E-state index in [0.29, 0.717) is 12.2 Å². The van der Waals surface area contributed by atoms with Crippen molar-refractivity contribution in [2.24, 2.45) is 0 Å². The highest BCUT2D eigenvalue weighted by atomic mass is 32.1. The van der Waals surface area contributed by atoms with E-state index >= 15 is 0 Å². The van der Waals surface area contributed by atoms with Gasteiger partial charge in [-0.05, 0) is 24.4 Å². The van der Waals surface area contributed by atoms with E-state index in [1.807, 2.05) is 41.8 Å². The van der Waals surface area contributed by atoms with Gasteiger partial charge in [-0.15, -0.1) is 11.3 Å². The van der Waals surface area contributed by atoms with Gasteiger partial charge in [-0.25, -0.2) is 10.2 Å². The van der Waals surface area contributed by atoms with Crippen LogP contribution in [-0.2, 0) is 16.0 Å². The van der Waals surface area contributed by atoms with Crippen LogP contribution in [0.15, 0.2) is 65.9 Å². The van der Waals surface area contributed by atoms with E-state index in [9.17, 15) is 14.7 Å². The summed E-state index contributed by atoms with van der Waals surface area (Å²) in [5, 5.41) is 18.3. The number of aliphatic carboxylic acids is 1. The number of aromatic nitrogens is 1. The van der Waals surface area contributed by atoms with Gasteiger partial charge in [0.05, 0.1) is 11.9 Å². The van der Waals surface area contributed by atoms with E-state index in [2.05, 4.69) is 15.7 Å². The van der Waals surface area contributed by atoms with Crippen molar-refractivity contribution in [1.82, 2.24) is 15.4 Å². The van der Waals surface area contributed by atoms with Crippen LogP contribution in [0, 0.1) is 0 Å². The second-order valence-corrected chi connectivity index (χ2v) is 7.82. The van der Waals surface area contributed by atoms with Crippen LogP contribution in [0.5, 0.6) is 0 Å². The van der Waals surface area contributed by atoms with E-state index in [4.69, 9.17) is 0 Å². The standard InChI is InChI=1S/C21H20N4O3S/c1-2-25-19(26)17(23-18-13-22-12-14-6-3-4-8-16(14)18)11-21(24-25,20(27)28)10-15-7-5-9-29-15/h3-9,11-13,23-24H,2,10H2,1H3,(H,27,28). The van der Waals surface area contributed by atoms with Gasteiger partial charge in [0.2, 0.25) is 0 Å². The molecular weight excluding hydrogens is 388 g/mol. The first-order chi connectivity index (χ1) is 14.0. The Labute approximate surface area is 171 Å². The molecule has 0 radical (unpaired) electrons. The van der Waals surface area contributed by atoms with Crippen LogP contribution in [0.2, 0.25) is 0 Å². The van der Waals surface area contributed by atoms with E-state index < -0.39 is 11.5 Å². The van der Waals surface area contributed by atoms with Crippen LogP contribution < -0.4 is 10.7 Å². The molecule has 0 aliphatic carbocycles. The Balaban J connectivity index is 1.78. The van der Waals surface area contributed by atoms with E-state index in [1.165, 1.54) is 22.4 Å². The van der Waals surface area contributed by atoms with Gasteiger partial charge in [-0.1, -0.05) is 30.3 Å². The number of rotatable bonds is 6. The van der Waals surface area contributed by atoms with Crippen LogP contribution in [0.4, 0.5) is 5.69 Å². The van der Waals surface area contributed by atoms with E-state index in [0.717, 1.165) is 15.6 Å². The Hall–Kier alpha value is -3.23. The van der Waals surface area contributed by atoms with Gasteiger partial charge in [-0.2, -0.15) is 0 Å². The van der Waals surface area contributed by atoms with Crippen molar-refractivity contribution in [2.75, 3.05) is 11.9 Å². The van der Waals surface area contributed by atoms with Crippen LogP contribution in [-0.4, -0.2) is 39.1 Å². The number of nitrogens with zero attached hydrogens (tertiary/aromatic N) is 2. The highest BCUT2D eigenvalue weighted by Crippen LogP contribution is 2.28. The number of benzene rings is 1. The van der Waals surface area contributed by atoms with Crippen LogP contribution >= 0.6 is 11.3 Å². The maximum atomic E-state index is 12.9. The largest absolute Gasteiger partial charge is 0.480 e. The topological polar surface area (TPSA) is 94.6 Å². The van der Waals surface area contributed by atoms with Crippen LogP contribution in [0.25, 0.3) is 10.8 Å². The minimum Gasteiger partial charge on any atom is -0.480 e. The number of carboxylic acid groups (broad SMARTS) is 1. The number of anilines is 1. The van der Waals surface area contributed by atoms with Gasteiger partial charge in [0.1, 0.15) is 5.70 Å². The second-order valence-electron chi connectivity index (χ2n) is 6.79. The number of carbonyl (C=O) groups excluding carboxylic acids is 1. The number of hydrogen-bond acceptors (Lipinski definition) is 6. The molecule has 1 atom stereocenters. The van der Waals surface area contributed by atoms with Gasteiger partial charge in [0.15, 0.2) is 5.54 Å². The third-order valence-corrected chi connectivity index (χ3v) is 5.75. The zero-order chi connectivity index (χ0) is 20.4. The molecule has 0 saturated carbocycles. The number of hydrazine groups is 1. The molecule has 3 aromatic rings. The highest BCUT2D eigenvalue weighted by molar-refractivity contribution is 7.09. The summed E-state index contributed by atoms with van der Waals surface area (Å²) in [4.78, 5) is 30.4. The third-order valence-electron chi connectivity index (χ3n) is 4.87. The molecule has 1 aliphatic heterocycles. The Bertz CT molecular complexity index is 1090. The Morgan fingerprint density at radius 1 is 1.28 bits per heavy atom. The number of hydrogen-bond donors (Lipinski definition) is 3. The van der Waals surface area contributed by atoms with Gasteiger partial charge in [0, 0.05) is 34.8 Å². The molecule has 1 aliphatic rings. The fourth-order valence-corrected chi connectivity index (χ4v) is 4.21. The molecular formula is C21H20N4O3S. The molecule has 29 heavy (non-hydrogen) atoms. The quantitative estimate of drug-likeness (QED) is 0.580. The minimum absolute atomic E-state index is 0.211. The Morgan fingerprint density at radius 2 is 2.10 bits per heavy atom. The average molecular weight is 408 g/mol. The minimum atomic E-state index is -1.44. The molecule has 148 valence electrons. The zero-order valence-electron chi connectivity index (χ0n) is 15.8. The summed E-state index contributed by atoms with van der Waals surface area (Å²) in [5.74, 6) is -1.37. The SMILES string of the molecule is CCN1NC(Cc2cccs2)(C(=O)O)C=C(Nc2cncc3ccccc23)C1=O.